The molecule has 0 spiro atoms. The molecule has 2 N–H and O–H groups in total. The molecule has 0 radical (unpaired) electrons. The minimum absolute atomic E-state index is 0.306. The minimum atomic E-state index is 0.306. The lowest BCUT2D eigenvalue weighted by Gasteiger charge is -2.31. The number of piperazine rings is 1. The molecule has 78 valence electrons. The molecule has 1 aromatic heterocycles. The Balaban J connectivity index is 2.01. The highest BCUT2D eigenvalue weighted by Crippen LogP contribution is 2.11. The lowest BCUT2D eigenvalue weighted by Crippen LogP contribution is -2.44. The van der Waals surface area contributed by atoms with Crippen molar-refractivity contribution >= 4 is 5.95 Å². The smallest absolute Gasteiger partial charge is 0.266 e. The Morgan fingerprint density at radius 2 is 2.07 bits per heavy atom. The maximum Gasteiger partial charge on any atom is 0.266 e. The van der Waals surface area contributed by atoms with E-state index in [-0.39, 0.29) is 0 Å². The van der Waals surface area contributed by atoms with Gasteiger partial charge in [0.15, 0.2) is 0 Å². The Bertz CT molecular complexity index is 292. The van der Waals surface area contributed by atoms with Gasteiger partial charge in [-0.05, 0) is 12.2 Å². The predicted molar refractivity (Wildman–Crippen MR) is 51.9 cm³/mol. The van der Waals surface area contributed by atoms with E-state index in [1.54, 1.807) is 0 Å². The average molecular weight is 197 g/mol. The third kappa shape index (κ3) is 1.85. The molecule has 1 aliphatic rings. The summed E-state index contributed by atoms with van der Waals surface area (Å²) in [7, 11) is 2.11. The van der Waals surface area contributed by atoms with Crippen LogP contribution in [0.4, 0.5) is 5.95 Å². The molecular formula is C8H15N5O. The van der Waals surface area contributed by atoms with E-state index in [1.807, 2.05) is 0 Å². The van der Waals surface area contributed by atoms with Crippen molar-refractivity contribution in [3.05, 3.63) is 5.89 Å². The highest BCUT2D eigenvalue weighted by Gasteiger charge is 2.18. The first-order chi connectivity index (χ1) is 6.79. The summed E-state index contributed by atoms with van der Waals surface area (Å²) in [6.07, 6.45) is 0. The molecule has 1 saturated heterocycles. The first kappa shape index (κ1) is 9.42. The van der Waals surface area contributed by atoms with E-state index in [2.05, 4.69) is 27.0 Å². The molecule has 0 aliphatic carbocycles. The standard InChI is InChI=1S/C8H15N5O/c1-12-2-4-13(5-3-12)8-10-7(6-9)14-11-8/h2-6,9H2,1H3. The van der Waals surface area contributed by atoms with Crippen LogP contribution in [0.25, 0.3) is 0 Å². The van der Waals surface area contributed by atoms with Crippen molar-refractivity contribution in [3.63, 3.8) is 0 Å². The Kier molecular flexibility index (Phi) is 2.64. The zero-order valence-electron chi connectivity index (χ0n) is 8.31. The van der Waals surface area contributed by atoms with Gasteiger partial charge < -0.3 is 20.1 Å². The summed E-state index contributed by atoms with van der Waals surface area (Å²) in [5.41, 5.74) is 5.39. The minimum Gasteiger partial charge on any atom is -0.336 e. The fourth-order valence-electron chi connectivity index (χ4n) is 1.46. The van der Waals surface area contributed by atoms with E-state index in [1.165, 1.54) is 0 Å². The number of aromatic nitrogens is 2. The van der Waals surface area contributed by atoms with Crippen LogP contribution in [0.15, 0.2) is 4.52 Å². The molecule has 0 atom stereocenters. The second kappa shape index (κ2) is 3.93. The van der Waals surface area contributed by atoms with Gasteiger partial charge in [0.1, 0.15) is 0 Å². The maximum atomic E-state index is 5.39. The summed E-state index contributed by atoms with van der Waals surface area (Å²) < 4.78 is 4.95. The van der Waals surface area contributed by atoms with Gasteiger partial charge in [-0.1, -0.05) is 0 Å². The molecule has 6 nitrogen and oxygen atoms in total. The van der Waals surface area contributed by atoms with Gasteiger partial charge in [0, 0.05) is 26.2 Å². The van der Waals surface area contributed by atoms with Gasteiger partial charge in [-0.25, -0.2) is 0 Å². The Hall–Kier alpha value is -1.14. The van der Waals surface area contributed by atoms with Gasteiger partial charge in [0.25, 0.3) is 5.95 Å². The second-order valence-corrected chi connectivity index (χ2v) is 3.48. The molecule has 2 heterocycles. The zero-order chi connectivity index (χ0) is 9.97. The van der Waals surface area contributed by atoms with Gasteiger partial charge in [0.2, 0.25) is 5.89 Å². The lowest BCUT2D eigenvalue weighted by molar-refractivity contribution is 0.308. The van der Waals surface area contributed by atoms with Gasteiger partial charge in [-0.2, -0.15) is 4.98 Å². The van der Waals surface area contributed by atoms with E-state index in [4.69, 9.17) is 10.3 Å². The van der Waals surface area contributed by atoms with Crippen molar-refractivity contribution in [3.8, 4) is 0 Å². The van der Waals surface area contributed by atoms with Crippen LogP contribution in [0.1, 0.15) is 5.89 Å². The number of hydrogen-bond donors (Lipinski definition) is 1. The molecule has 1 aliphatic heterocycles. The monoisotopic (exact) mass is 197 g/mol. The number of hydrogen-bond acceptors (Lipinski definition) is 6. The maximum absolute atomic E-state index is 5.39. The Morgan fingerprint density at radius 3 is 2.64 bits per heavy atom. The van der Waals surface area contributed by atoms with Gasteiger partial charge in [-0.3, -0.25) is 0 Å². The number of rotatable bonds is 2. The van der Waals surface area contributed by atoms with Crippen molar-refractivity contribution in [2.24, 2.45) is 5.73 Å². The quantitative estimate of drug-likeness (QED) is 0.674. The van der Waals surface area contributed by atoms with Crippen LogP contribution < -0.4 is 10.6 Å². The molecule has 0 bridgehead atoms. The summed E-state index contributed by atoms with van der Waals surface area (Å²) >= 11 is 0. The van der Waals surface area contributed by atoms with Crippen molar-refractivity contribution < 1.29 is 4.52 Å². The normalized spacial score (nSPS) is 18.9. The second-order valence-electron chi connectivity index (χ2n) is 3.48. The predicted octanol–water partition coefficient (Wildman–Crippen LogP) is -0.720. The first-order valence-electron chi connectivity index (χ1n) is 4.76. The molecule has 6 heteroatoms. The molecule has 1 aromatic rings. The Labute approximate surface area is 82.7 Å². The van der Waals surface area contributed by atoms with Gasteiger partial charge in [-0.15, -0.1) is 0 Å². The molecule has 0 unspecified atom stereocenters. The van der Waals surface area contributed by atoms with E-state index in [9.17, 15) is 0 Å². The Morgan fingerprint density at radius 1 is 1.36 bits per heavy atom. The molecular weight excluding hydrogens is 182 g/mol. The van der Waals surface area contributed by atoms with Crippen LogP contribution in [0, 0.1) is 0 Å². The van der Waals surface area contributed by atoms with Crippen LogP contribution >= 0.6 is 0 Å². The number of likely N-dealkylation sites (N-methyl/N-ethyl adjacent to an activating group) is 1. The van der Waals surface area contributed by atoms with Crippen LogP contribution in [0.3, 0.4) is 0 Å². The van der Waals surface area contributed by atoms with Crippen LogP contribution in [-0.2, 0) is 6.54 Å². The third-order valence-electron chi connectivity index (χ3n) is 2.42. The average Bonchev–Trinajstić information content (AvgIpc) is 2.67. The number of anilines is 1. The van der Waals surface area contributed by atoms with Gasteiger partial charge in [0.05, 0.1) is 6.54 Å². The zero-order valence-corrected chi connectivity index (χ0v) is 8.31. The summed E-state index contributed by atoms with van der Waals surface area (Å²) in [4.78, 5) is 8.57. The highest BCUT2D eigenvalue weighted by atomic mass is 16.5. The molecule has 0 saturated carbocycles. The van der Waals surface area contributed by atoms with Crippen LogP contribution in [-0.4, -0.2) is 48.3 Å². The van der Waals surface area contributed by atoms with Crippen LogP contribution in [0.5, 0.6) is 0 Å². The van der Waals surface area contributed by atoms with Gasteiger partial charge >= 0.3 is 0 Å². The molecule has 2 rings (SSSR count). The SMILES string of the molecule is CN1CCN(c2noc(CN)n2)CC1. The van der Waals surface area contributed by atoms with E-state index >= 15 is 0 Å². The fraction of sp³-hybridized carbons (Fsp3) is 0.750. The summed E-state index contributed by atoms with van der Waals surface area (Å²) in [5, 5.41) is 3.88. The summed E-state index contributed by atoms with van der Waals surface area (Å²) in [6, 6.07) is 0. The number of nitrogens with zero attached hydrogens (tertiary/aromatic N) is 4. The van der Waals surface area contributed by atoms with E-state index < -0.39 is 0 Å². The fourth-order valence-corrected chi connectivity index (χ4v) is 1.46. The summed E-state index contributed by atoms with van der Waals surface area (Å²) in [5.74, 6) is 1.16. The molecule has 14 heavy (non-hydrogen) atoms. The molecule has 1 fully saturated rings. The van der Waals surface area contributed by atoms with E-state index in [0.29, 0.717) is 18.4 Å². The van der Waals surface area contributed by atoms with Crippen molar-refractivity contribution in [2.75, 3.05) is 38.1 Å². The molecule has 0 amide bonds. The topological polar surface area (TPSA) is 71.4 Å². The largest absolute Gasteiger partial charge is 0.336 e. The van der Waals surface area contributed by atoms with E-state index in [0.717, 1.165) is 26.2 Å². The van der Waals surface area contributed by atoms with Crippen molar-refractivity contribution in [2.45, 2.75) is 6.54 Å². The lowest BCUT2D eigenvalue weighted by atomic mass is 10.3. The molecule has 0 aromatic carbocycles. The summed E-state index contributed by atoms with van der Waals surface area (Å²) in [6.45, 7) is 4.26. The third-order valence-corrected chi connectivity index (χ3v) is 2.42. The number of nitrogens with two attached hydrogens (primary N) is 1. The van der Waals surface area contributed by atoms with Crippen molar-refractivity contribution in [1.82, 2.24) is 15.0 Å². The highest BCUT2D eigenvalue weighted by molar-refractivity contribution is 5.28. The van der Waals surface area contributed by atoms with Crippen molar-refractivity contribution in [1.29, 1.82) is 0 Å². The first-order valence-corrected chi connectivity index (χ1v) is 4.76. The van der Waals surface area contributed by atoms with Crippen LogP contribution in [0.2, 0.25) is 0 Å².